The smallest absolute Gasteiger partial charge is 0.258 e. The van der Waals surface area contributed by atoms with Gasteiger partial charge < -0.3 is 19.3 Å². The molecule has 2 aliphatic rings. The molecule has 1 saturated heterocycles. The van der Waals surface area contributed by atoms with Gasteiger partial charge in [0.2, 0.25) is 5.91 Å². The number of morpholine rings is 1. The Balaban J connectivity index is 1.34. The second-order valence-corrected chi connectivity index (χ2v) is 10.1. The first kappa shape index (κ1) is 26.9. The van der Waals surface area contributed by atoms with E-state index in [-0.39, 0.29) is 23.9 Å². The van der Waals surface area contributed by atoms with Gasteiger partial charge in [0.15, 0.2) is 0 Å². The molecule has 0 N–H and O–H groups in total. The third kappa shape index (κ3) is 6.00. The van der Waals surface area contributed by atoms with Crippen molar-refractivity contribution < 1.29 is 19.1 Å². The quantitative estimate of drug-likeness (QED) is 0.397. The molecule has 2 amide bonds. The Hall–Kier alpha value is -3.68. The lowest BCUT2D eigenvalue weighted by atomic mass is 9.89. The Morgan fingerprint density at radius 2 is 1.64 bits per heavy atom. The van der Waals surface area contributed by atoms with Gasteiger partial charge in [0.1, 0.15) is 12.4 Å². The van der Waals surface area contributed by atoms with Crippen LogP contribution in [-0.4, -0.2) is 62.2 Å². The van der Waals surface area contributed by atoms with Crippen LogP contribution in [0.4, 0.5) is 11.4 Å². The van der Waals surface area contributed by atoms with E-state index < -0.39 is 0 Å². The summed E-state index contributed by atoms with van der Waals surface area (Å²) in [6.45, 7) is 8.81. The van der Waals surface area contributed by atoms with Crippen LogP contribution in [0.3, 0.4) is 0 Å². The molecule has 3 aromatic rings. The van der Waals surface area contributed by atoms with Crippen molar-refractivity contribution >= 4 is 23.2 Å². The highest BCUT2D eigenvalue weighted by atomic mass is 16.5. The number of hydrogen-bond donors (Lipinski definition) is 0. The molecule has 204 valence electrons. The molecular formula is C32H37N3O4. The number of ether oxygens (including phenoxy) is 2. The highest BCUT2D eigenvalue weighted by Gasteiger charge is 2.38. The minimum atomic E-state index is -0.155. The van der Waals surface area contributed by atoms with E-state index in [1.54, 1.807) is 0 Å². The first-order valence-corrected chi connectivity index (χ1v) is 13.9. The third-order valence-electron chi connectivity index (χ3n) is 7.58. The average Bonchev–Trinajstić information content (AvgIpc) is 2.98. The zero-order chi connectivity index (χ0) is 27.2. The summed E-state index contributed by atoms with van der Waals surface area (Å²) in [5.74, 6) is 0.766. The summed E-state index contributed by atoms with van der Waals surface area (Å²) < 4.78 is 11.3. The molecule has 3 aromatic carbocycles. The van der Waals surface area contributed by atoms with Crippen LogP contribution in [0.15, 0.2) is 78.9 Å². The molecule has 2 aliphatic heterocycles. The van der Waals surface area contributed by atoms with Gasteiger partial charge in [-0.1, -0.05) is 43.3 Å². The topological polar surface area (TPSA) is 62.3 Å². The van der Waals surface area contributed by atoms with Crippen LogP contribution in [0.1, 0.15) is 48.7 Å². The lowest BCUT2D eigenvalue weighted by Crippen LogP contribution is -2.47. The van der Waals surface area contributed by atoms with Gasteiger partial charge in [0.25, 0.3) is 5.91 Å². The minimum Gasteiger partial charge on any atom is -0.492 e. The number of para-hydroxylation sites is 2. The van der Waals surface area contributed by atoms with Gasteiger partial charge in [-0.25, -0.2) is 0 Å². The second kappa shape index (κ2) is 12.5. The van der Waals surface area contributed by atoms with Gasteiger partial charge >= 0.3 is 0 Å². The number of carbonyl (C=O) groups is 2. The number of carbonyl (C=O) groups excluding carboxylic acids is 2. The van der Waals surface area contributed by atoms with Crippen molar-refractivity contribution in [3.8, 4) is 5.75 Å². The SMILES string of the molecule is CCC(=O)N(c1ccccc1)C1CC(C)N(C(=O)c2ccc(OCCN3CCOCC3)cc2)c2ccccc21. The Bertz CT molecular complexity index is 1260. The standard InChI is InChI=1S/C32H37N3O4/c1-3-31(36)35(26-9-5-4-6-10-26)30-23-24(2)34(29-12-8-7-11-28(29)30)32(37)25-13-15-27(16-14-25)39-22-19-33-17-20-38-21-18-33/h4-16,24,30H,3,17-23H2,1-2H3. The number of hydrogen-bond acceptors (Lipinski definition) is 5. The molecule has 0 radical (unpaired) electrons. The highest BCUT2D eigenvalue weighted by Crippen LogP contribution is 2.43. The maximum Gasteiger partial charge on any atom is 0.258 e. The normalized spacial score (nSPS) is 19.3. The number of fused-ring (bicyclic) bond motifs is 1. The van der Waals surface area contributed by atoms with Crippen molar-refractivity contribution in [2.45, 2.75) is 38.8 Å². The van der Waals surface area contributed by atoms with Gasteiger partial charge in [-0.05, 0) is 61.4 Å². The molecule has 5 rings (SSSR count). The number of amides is 2. The number of nitrogens with zero attached hydrogens (tertiary/aromatic N) is 3. The summed E-state index contributed by atoms with van der Waals surface area (Å²) >= 11 is 0. The van der Waals surface area contributed by atoms with Crippen molar-refractivity contribution in [2.75, 3.05) is 49.3 Å². The van der Waals surface area contributed by atoms with E-state index in [9.17, 15) is 9.59 Å². The van der Waals surface area contributed by atoms with Crippen LogP contribution in [0.2, 0.25) is 0 Å². The van der Waals surface area contributed by atoms with Crippen LogP contribution in [0, 0.1) is 0 Å². The maximum atomic E-state index is 13.8. The van der Waals surface area contributed by atoms with Gasteiger partial charge in [0, 0.05) is 49.0 Å². The van der Waals surface area contributed by atoms with Crippen molar-refractivity contribution in [1.29, 1.82) is 0 Å². The number of rotatable bonds is 8. The molecule has 0 aromatic heterocycles. The molecule has 0 saturated carbocycles. The van der Waals surface area contributed by atoms with E-state index in [1.165, 1.54) is 0 Å². The lowest BCUT2D eigenvalue weighted by Gasteiger charge is -2.43. The van der Waals surface area contributed by atoms with Crippen molar-refractivity contribution in [2.24, 2.45) is 0 Å². The first-order chi connectivity index (χ1) is 19.1. The fourth-order valence-corrected chi connectivity index (χ4v) is 5.54. The van der Waals surface area contributed by atoms with Crippen LogP contribution in [0.25, 0.3) is 0 Å². The zero-order valence-corrected chi connectivity index (χ0v) is 22.8. The van der Waals surface area contributed by atoms with E-state index >= 15 is 0 Å². The Kier molecular flexibility index (Phi) is 8.59. The van der Waals surface area contributed by atoms with Gasteiger partial charge in [-0.2, -0.15) is 0 Å². The summed E-state index contributed by atoms with van der Waals surface area (Å²) in [7, 11) is 0. The van der Waals surface area contributed by atoms with E-state index in [0.29, 0.717) is 25.0 Å². The van der Waals surface area contributed by atoms with Crippen molar-refractivity contribution in [1.82, 2.24) is 4.90 Å². The van der Waals surface area contributed by atoms with Crippen molar-refractivity contribution in [3.05, 3.63) is 90.0 Å². The minimum absolute atomic E-state index is 0.0543. The van der Waals surface area contributed by atoms with E-state index in [0.717, 1.165) is 55.5 Å². The highest BCUT2D eigenvalue weighted by molar-refractivity contribution is 6.07. The van der Waals surface area contributed by atoms with E-state index in [2.05, 4.69) is 11.8 Å². The van der Waals surface area contributed by atoms with E-state index in [4.69, 9.17) is 9.47 Å². The molecular weight excluding hydrogens is 490 g/mol. The van der Waals surface area contributed by atoms with Crippen LogP contribution in [0.5, 0.6) is 5.75 Å². The monoisotopic (exact) mass is 527 g/mol. The Labute approximate surface area is 230 Å². The Morgan fingerprint density at radius 1 is 0.949 bits per heavy atom. The predicted octanol–water partition coefficient (Wildman–Crippen LogP) is 5.32. The summed E-state index contributed by atoms with van der Waals surface area (Å²) in [6.07, 6.45) is 1.05. The molecule has 2 unspecified atom stereocenters. The molecule has 0 aliphatic carbocycles. The van der Waals surface area contributed by atoms with Crippen LogP contribution < -0.4 is 14.5 Å². The summed E-state index contributed by atoms with van der Waals surface area (Å²) in [6, 6.07) is 24.9. The molecule has 2 heterocycles. The number of benzene rings is 3. The summed E-state index contributed by atoms with van der Waals surface area (Å²) in [5, 5.41) is 0. The molecule has 7 heteroatoms. The zero-order valence-electron chi connectivity index (χ0n) is 22.8. The van der Waals surface area contributed by atoms with Crippen molar-refractivity contribution in [3.63, 3.8) is 0 Å². The molecule has 1 fully saturated rings. The van der Waals surface area contributed by atoms with Gasteiger partial charge in [-0.3, -0.25) is 14.5 Å². The summed E-state index contributed by atoms with van der Waals surface area (Å²) in [4.78, 5) is 33.1. The van der Waals surface area contributed by atoms with Crippen LogP contribution >= 0.6 is 0 Å². The fourth-order valence-electron chi connectivity index (χ4n) is 5.54. The van der Waals surface area contributed by atoms with Gasteiger partial charge in [0.05, 0.1) is 19.3 Å². The number of anilines is 2. The molecule has 0 spiro atoms. The second-order valence-electron chi connectivity index (χ2n) is 10.1. The first-order valence-electron chi connectivity index (χ1n) is 13.9. The van der Waals surface area contributed by atoms with Crippen LogP contribution in [-0.2, 0) is 9.53 Å². The maximum absolute atomic E-state index is 13.8. The predicted molar refractivity (Wildman–Crippen MR) is 153 cm³/mol. The van der Waals surface area contributed by atoms with Gasteiger partial charge in [-0.15, -0.1) is 0 Å². The molecule has 7 nitrogen and oxygen atoms in total. The fraction of sp³-hybridized carbons (Fsp3) is 0.375. The van der Waals surface area contributed by atoms with E-state index in [1.807, 2.05) is 95.6 Å². The lowest BCUT2D eigenvalue weighted by molar-refractivity contribution is -0.118. The third-order valence-corrected chi connectivity index (χ3v) is 7.58. The molecule has 39 heavy (non-hydrogen) atoms. The largest absolute Gasteiger partial charge is 0.492 e. The Morgan fingerprint density at radius 3 is 2.36 bits per heavy atom. The molecule has 2 atom stereocenters. The molecule has 0 bridgehead atoms. The average molecular weight is 528 g/mol. The summed E-state index contributed by atoms with van der Waals surface area (Å²) in [5.41, 5.74) is 3.32.